The van der Waals surface area contributed by atoms with Gasteiger partial charge in [-0.1, -0.05) is 37.5 Å². The summed E-state index contributed by atoms with van der Waals surface area (Å²) in [7, 11) is 0. The summed E-state index contributed by atoms with van der Waals surface area (Å²) in [4.78, 5) is 12.1. The van der Waals surface area contributed by atoms with Crippen LogP contribution in [0.4, 0.5) is 0 Å². The second-order valence-electron chi connectivity index (χ2n) is 5.25. The van der Waals surface area contributed by atoms with Crippen LogP contribution in [-0.4, -0.2) is 5.78 Å². The highest BCUT2D eigenvalue weighted by atomic mass is 127. The summed E-state index contributed by atoms with van der Waals surface area (Å²) in [5, 5.41) is 0. The van der Waals surface area contributed by atoms with Crippen molar-refractivity contribution in [3.05, 3.63) is 33.4 Å². The lowest BCUT2D eigenvalue weighted by Gasteiger charge is -2.20. The van der Waals surface area contributed by atoms with Gasteiger partial charge in [-0.05, 0) is 59.9 Å². The zero-order valence-electron chi connectivity index (χ0n) is 10.8. The Balaban J connectivity index is 1.75. The van der Waals surface area contributed by atoms with Crippen LogP contribution < -0.4 is 0 Å². The maximum Gasteiger partial charge on any atom is 0.135 e. The lowest BCUT2D eigenvalue weighted by Crippen LogP contribution is -2.17. The molecule has 1 nitrogen and oxygen atoms in total. The normalized spacial score (nSPS) is 16.7. The minimum Gasteiger partial charge on any atom is -0.299 e. The van der Waals surface area contributed by atoms with E-state index in [-0.39, 0.29) is 0 Å². The van der Waals surface area contributed by atoms with Gasteiger partial charge in [0, 0.05) is 15.9 Å². The minimum absolute atomic E-state index is 0.383. The molecule has 0 saturated heterocycles. The van der Waals surface area contributed by atoms with Crippen molar-refractivity contribution < 1.29 is 4.79 Å². The van der Waals surface area contributed by atoms with Gasteiger partial charge in [0.1, 0.15) is 5.78 Å². The Morgan fingerprint density at radius 1 is 1.17 bits per heavy atom. The predicted octanol–water partition coefficient (Wildman–Crippen LogP) is 4.76. The van der Waals surface area contributed by atoms with Crippen molar-refractivity contribution in [2.24, 2.45) is 5.92 Å². The summed E-state index contributed by atoms with van der Waals surface area (Å²) in [5.74, 6) is 0.897. The van der Waals surface area contributed by atoms with Crippen LogP contribution in [0.25, 0.3) is 0 Å². The van der Waals surface area contributed by atoms with Gasteiger partial charge in [0.05, 0.1) is 0 Å². The summed E-state index contributed by atoms with van der Waals surface area (Å²) in [5.41, 5.74) is 1.38. The molecule has 1 aliphatic carbocycles. The number of Topliss-reactive ketones (excluding diaryl/α,β-unsaturated/α-hetero) is 1. The van der Waals surface area contributed by atoms with Crippen LogP contribution in [0.1, 0.15) is 50.5 Å². The molecule has 2 rings (SSSR count). The quantitative estimate of drug-likeness (QED) is 0.695. The van der Waals surface area contributed by atoms with E-state index in [1.165, 1.54) is 28.4 Å². The molecule has 0 radical (unpaired) electrons. The molecule has 0 spiro atoms. The number of aryl methyl sites for hydroxylation is 1. The van der Waals surface area contributed by atoms with Crippen LogP contribution in [0.3, 0.4) is 0 Å². The van der Waals surface area contributed by atoms with Crippen molar-refractivity contribution in [2.75, 3.05) is 0 Å². The van der Waals surface area contributed by atoms with Gasteiger partial charge < -0.3 is 0 Å². The largest absolute Gasteiger partial charge is 0.299 e. The molecule has 1 aromatic carbocycles. The Hall–Kier alpha value is -0.380. The van der Waals surface area contributed by atoms with Crippen molar-refractivity contribution >= 4 is 28.4 Å². The summed E-state index contributed by atoms with van der Waals surface area (Å²) < 4.78 is 1.32. The topological polar surface area (TPSA) is 17.1 Å². The molecule has 0 atom stereocenters. The Kier molecular flexibility index (Phi) is 5.67. The van der Waals surface area contributed by atoms with Crippen molar-refractivity contribution in [2.45, 2.75) is 51.4 Å². The van der Waals surface area contributed by atoms with E-state index in [1.807, 2.05) is 0 Å². The number of benzene rings is 1. The number of hydrogen-bond donors (Lipinski definition) is 0. The third-order valence-corrected chi connectivity index (χ3v) is 4.94. The molecule has 0 amide bonds. The van der Waals surface area contributed by atoms with Gasteiger partial charge in [-0.25, -0.2) is 0 Å². The zero-order chi connectivity index (χ0) is 12.8. The molecule has 1 aromatic rings. The first-order chi connectivity index (χ1) is 8.77. The summed E-state index contributed by atoms with van der Waals surface area (Å²) in [6.45, 7) is 0. The van der Waals surface area contributed by atoms with Gasteiger partial charge in [0.15, 0.2) is 0 Å². The highest BCUT2D eigenvalue weighted by molar-refractivity contribution is 14.1. The monoisotopic (exact) mass is 356 g/mol. The molecule has 0 heterocycles. The molecule has 2 heteroatoms. The summed E-state index contributed by atoms with van der Waals surface area (Å²) >= 11 is 2.38. The molecule has 1 saturated carbocycles. The fraction of sp³-hybridized carbons (Fsp3) is 0.562. The minimum atomic E-state index is 0.383. The van der Waals surface area contributed by atoms with Crippen molar-refractivity contribution in [3.63, 3.8) is 0 Å². The van der Waals surface area contributed by atoms with E-state index in [2.05, 4.69) is 46.9 Å². The van der Waals surface area contributed by atoms with Gasteiger partial charge in [-0.3, -0.25) is 4.79 Å². The second-order valence-corrected chi connectivity index (χ2v) is 6.41. The van der Waals surface area contributed by atoms with Crippen molar-refractivity contribution in [1.82, 2.24) is 0 Å². The molecule has 0 aromatic heterocycles. The Morgan fingerprint density at radius 2 is 1.89 bits per heavy atom. The molecule has 18 heavy (non-hydrogen) atoms. The fourth-order valence-corrected chi connectivity index (χ4v) is 3.44. The third kappa shape index (κ3) is 4.08. The molecule has 0 unspecified atom stereocenters. The smallest absolute Gasteiger partial charge is 0.135 e. The SMILES string of the molecule is O=C(CCCc1ccccc1I)C1CCCCC1. The fourth-order valence-electron chi connectivity index (χ4n) is 2.78. The van der Waals surface area contributed by atoms with E-state index in [1.54, 1.807) is 0 Å². The van der Waals surface area contributed by atoms with E-state index < -0.39 is 0 Å². The third-order valence-electron chi connectivity index (χ3n) is 3.89. The first-order valence-corrected chi connectivity index (χ1v) is 8.11. The highest BCUT2D eigenvalue weighted by Gasteiger charge is 2.20. The van der Waals surface area contributed by atoms with E-state index in [0.29, 0.717) is 11.7 Å². The number of hydrogen-bond acceptors (Lipinski definition) is 1. The number of carbonyl (C=O) groups is 1. The first-order valence-electron chi connectivity index (χ1n) is 7.03. The van der Waals surface area contributed by atoms with E-state index in [0.717, 1.165) is 32.1 Å². The molecular weight excluding hydrogens is 335 g/mol. The Bertz CT molecular complexity index is 394. The number of halogens is 1. The average Bonchev–Trinajstić information content (AvgIpc) is 2.42. The van der Waals surface area contributed by atoms with Gasteiger partial charge in [0.2, 0.25) is 0 Å². The molecule has 98 valence electrons. The number of carbonyl (C=O) groups excluding carboxylic acids is 1. The Morgan fingerprint density at radius 3 is 2.61 bits per heavy atom. The Labute approximate surface area is 123 Å². The average molecular weight is 356 g/mol. The maximum atomic E-state index is 12.1. The lowest BCUT2D eigenvalue weighted by atomic mass is 9.84. The van der Waals surface area contributed by atoms with E-state index >= 15 is 0 Å². The van der Waals surface area contributed by atoms with E-state index in [9.17, 15) is 4.79 Å². The molecule has 0 bridgehead atoms. The first kappa shape index (κ1) is 14.0. The van der Waals surface area contributed by atoms with Crippen LogP contribution in [0.15, 0.2) is 24.3 Å². The van der Waals surface area contributed by atoms with Crippen molar-refractivity contribution in [3.8, 4) is 0 Å². The summed E-state index contributed by atoms with van der Waals surface area (Å²) in [6, 6.07) is 8.46. The highest BCUT2D eigenvalue weighted by Crippen LogP contribution is 2.26. The predicted molar refractivity (Wildman–Crippen MR) is 83.7 cm³/mol. The maximum absolute atomic E-state index is 12.1. The van der Waals surface area contributed by atoms with Gasteiger partial charge in [0.25, 0.3) is 0 Å². The van der Waals surface area contributed by atoms with E-state index in [4.69, 9.17) is 0 Å². The van der Waals surface area contributed by atoms with Crippen molar-refractivity contribution in [1.29, 1.82) is 0 Å². The molecule has 0 aliphatic heterocycles. The molecule has 0 N–H and O–H groups in total. The van der Waals surface area contributed by atoms with Gasteiger partial charge in [-0.15, -0.1) is 0 Å². The van der Waals surface area contributed by atoms with Crippen LogP contribution in [0.5, 0.6) is 0 Å². The molecule has 1 fully saturated rings. The molecule has 1 aliphatic rings. The molecular formula is C16H21IO. The summed E-state index contributed by atoms with van der Waals surface area (Å²) in [6.07, 6.45) is 8.94. The zero-order valence-corrected chi connectivity index (χ0v) is 13.0. The van der Waals surface area contributed by atoms with Gasteiger partial charge >= 0.3 is 0 Å². The second kappa shape index (κ2) is 7.27. The standard InChI is InChI=1S/C16H21IO/c17-15-11-5-4-7-13(15)10-6-12-16(18)14-8-2-1-3-9-14/h4-5,7,11,14H,1-3,6,8-10,12H2. The van der Waals surface area contributed by atoms with Gasteiger partial charge in [-0.2, -0.15) is 0 Å². The van der Waals surface area contributed by atoms with Crippen LogP contribution in [-0.2, 0) is 11.2 Å². The van der Waals surface area contributed by atoms with Crippen LogP contribution in [0, 0.1) is 9.49 Å². The van der Waals surface area contributed by atoms with Crippen LogP contribution >= 0.6 is 22.6 Å². The van der Waals surface area contributed by atoms with Crippen LogP contribution in [0.2, 0.25) is 0 Å². The number of ketones is 1. The lowest BCUT2D eigenvalue weighted by molar-refractivity contribution is -0.123. The number of rotatable bonds is 5.